The average molecular weight is 321 g/mol. The zero-order valence-electron chi connectivity index (χ0n) is 14.8. The van der Waals surface area contributed by atoms with Crippen LogP contribution < -0.4 is 10.1 Å². The fourth-order valence-corrected chi connectivity index (χ4v) is 3.96. The van der Waals surface area contributed by atoms with Crippen LogP contribution in [0, 0.1) is 0 Å². The van der Waals surface area contributed by atoms with E-state index in [1.807, 2.05) is 0 Å². The molecule has 2 heteroatoms. The first-order valence-corrected chi connectivity index (χ1v) is 9.28. The predicted molar refractivity (Wildman–Crippen MR) is 101 cm³/mol. The average Bonchev–Trinajstić information content (AvgIpc) is 2.61. The Balaban J connectivity index is 1.58. The van der Waals surface area contributed by atoms with E-state index in [1.54, 1.807) is 0 Å². The molecule has 1 N–H and O–H groups in total. The van der Waals surface area contributed by atoms with Gasteiger partial charge in [-0.2, -0.15) is 0 Å². The molecule has 0 saturated heterocycles. The number of ether oxygens (including phenoxy) is 1. The van der Waals surface area contributed by atoms with Crippen molar-refractivity contribution in [3.8, 4) is 16.9 Å². The van der Waals surface area contributed by atoms with Crippen LogP contribution in [0.3, 0.4) is 0 Å². The minimum atomic E-state index is -0.156. The summed E-state index contributed by atoms with van der Waals surface area (Å²) in [5.74, 6) is 1.73. The largest absolute Gasteiger partial charge is 0.484 e. The molecule has 0 atom stereocenters. The van der Waals surface area contributed by atoms with Gasteiger partial charge in [0.1, 0.15) is 11.4 Å². The minimum absolute atomic E-state index is 0.156. The van der Waals surface area contributed by atoms with Crippen molar-refractivity contribution in [2.75, 3.05) is 11.9 Å². The van der Waals surface area contributed by atoms with E-state index in [1.165, 1.54) is 48.8 Å². The van der Waals surface area contributed by atoms with Crippen LogP contribution in [0.25, 0.3) is 11.1 Å². The van der Waals surface area contributed by atoms with Crippen LogP contribution in [-0.4, -0.2) is 12.1 Å². The third kappa shape index (κ3) is 3.15. The summed E-state index contributed by atoms with van der Waals surface area (Å²) >= 11 is 0. The lowest BCUT2D eigenvalue weighted by Gasteiger charge is -2.33. The summed E-state index contributed by atoms with van der Waals surface area (Å²) in [4.78, 5) is 0. The second kappa shape index (κ2) is 6.16. The lowest BCUT2D eigenvalue weighted by molar-refractivity contribution is 0.116. The second-order valence-corrected chi connectivity index (χ2v) is 7.88. The molecule has 0 bridgehead atoms. The highest BCUT2D eigenvalue weighted by Gasteiger charge is 2.26. The normalized spacial score (nSPS) is 19.9. The number of hydrogen-bond donors (Lipinski definition) is 1. The van der Waals surface area contributed by atoms with Gasteiger partial charge in [0.2, 0.25) is 0 Å². The molecule has 1 heterocycles. The lowest BCUT2D eigenvalue weighted by atomic mass is 9.84. The second-order valence-electron chi connectivity index (χ2n) is 7.88. The number of fused-ring (bicyclic) bond motifs is 1. The highest BCUT2D eigenvalue weighted by Crippen LogP contribution is 2.37. The quantitative estimate of drug-likeness (QED) is 0.734. The molecule has 24 heavy (non-hydrogen) atoms. The summed E-state index contributed by atoms with van der Waals surface area (Å²) < 4.78 is 6.14. The molecule has 0 aromatic heterocycles. The van der Waals surface area contributed by atoms with Gasteiger partial charge in [0.25, 0.3) is 0 Å². The summed E-state index contributed by atoms with van der Waals surface area (Å²) in [7, 11) is 0. The van der Waals surface area contributed by atoms with Gasteiger partial charge in [0.05, 0.1) is 12.2 Å². The Labute approximate surface area is 145 Å². The van der Waals surface area contributed by atoms with Crippen molar-refractivity contribution >= 4 is 5.69 Å². The highest BCUT2D eigenvalue weighted by atomic mass is 16.5. The maximum absolute atomic E-state index is 6.14. The first kappa shape index (κ1) is 15.6. The van der Waals surface area contributed by atoms with Crippen molar-refractivity contribution < 1.29 is 4.74 Å². The van der Waals surface area contributed by atoms with E-state index in [4.69, 9.17) is 4.74 Å². The van der Waals surface area contributed by atoms with Crippen LogP contribution in [0.4, 0.5) is 5.69 Å². The fourth-order valence-electron chi connectivity index (χ4n) is 3.96. The van der Waals surface area contributed by atoms with Gasteiger partial charge in [-0.1, -0.05) is 49.6 Å². The molecule has 126 valence electrons. The van der Waals surface area contributed by atoms with Gasteiger partial charge in [-0.15, -0.1) is 0 Å². The smallest absolute Gasteiger partial charge is 0.143 e. The monoisotopic (exact) mass is 321 g/mol. The van der Waals surface area contributed by atoms with E-state index in [9.17, 15) is 0 Å². The van der Waals surface area contributed by atoms with Gasteiger partial charge in [-0.3, -0.25) is 0 Å². The molecular weight excluding hydrogens is 294 g/mol. The van der Waals surface area contributed by atoms with Crippen molar-refractivity contribution in [2.45, 2.75) is 57.5 Å². The molecule has 0 unspecified atom stereocenters. The fraction of sp³-hybridized carbons (Fsp3) is 0.455. The molecule has 2 aromatic carbocycles. The molecule has 2 aromatic rings. The Kier molecular flexibility index (Phi) is 3.99. The summed E-state index contributed by atoms with van der Waals surface area (Å²) in [6, 6.07) is 15.7. The first-order chi connectivity index (χ1) is 11.6. The molecule has 1 aliphatic heterocycles. The molecule has 1 saturated carbocycles. The standard InChI is InChI=1S/C22H27NO/c1-22(2)15-23-20-13-12-19(14-21(20)24-22)18-10-8-17(9-11-18)16-6-4-3-5-7-16/h8-14,16,23H,3-7,15H2,1-2H3. The molecule has 2 aliphatic rings. The third-order valence-electron chi connectivity index (χ3n) is 5.39. The van der Waals surface area contributed by atoms with E-state index in [-0.39, 0.29) is 5.60 Å². The maximum Gasteiger partial charge on any atom is 0.143 e. The van der Waals surface area contributed by atoms with Crippen molar-refractivity contribution in [1.29, 1.82) is 0 Å². The summed E-state index contributed by atoms with van der Waals surface area (Å²) in [6.45, 7) is 5.08. The molecule has 0 spiro atoms. The van der Waals surface area contributed by atoms with E-state index < -0.39 is 0 Å². The van der Waals surface area contributed by atoms with Gasteiger partial charge < -0.3 is 10.1 Å². The van der Waals surface area contributed by atoms with Gasteiger partial charge in [-0.05, 0) is 61.4 Å². The molecule has 0 amide bonds. The summed E-state index contributed by atoms with van der Waals surface area (Å²) in [5.41, 5.74) is 4.94. The van der Waals surface area contributed by atoms with Crippen LogP contribution in [0.1, 0.15) is 57.4 Å². The molecular formula is C22H27NO. The van der Waals surface area contributed by atoms with Crippen LogP contribution in [-0.2, 0) is 0 Å². The van der Waals surface area contributed by atoms with Gasteiger partial charge in [0.15, 0.2) is 0 Å². The lowest BCUT2D eigenvalue weighted by Crippen LogP contribution is -2.39. The maximum atomic E-state index is 6.14. The molecule has 1 aliphatic carbocycles. The number of anilines is 1. The molecule has 1 fully saturated rings. The number of hydrogen-bond acceptors (Lipinski definition) is 2. The third-order valence-corrected chi connectivity index (χ3v) is 5.39. The number of rotatable bonds is 2. The van der Waals surface area contributed by atoms with Gasteiger partial charge in [-0.25, -0.2) is 0 Å². The van der Waals surface area contributed by atoms with E-state index >= 15 is 0 Å². The van der Waals surface area contributed by atoms with Crippen LogP contribution in [0.5, 0.6) is 5.75 Å². The predicted octanol–water partition coefficient (Wildman–Crippen LogP) is 5.98. The zero-order valence-corrected chi connectivity index (χ0v) is 14.8. The number of nitrogens with one attached hydrogen (secondary N) is 1. The summed E-state index contributed by atoms with van der Waals surface area (Å²) in [5, 5.41) is 3.46. The van der Waals surface area contributed by atoms with E-state index in [0.717, 1.165) is 23.9 Å². The van der Waals surface area contributed by atoms with Crippen molar-refractivity contribution in [2.24, 2.45) is 0 Å². The van der Waals surface area contributed by atoms with Gasteiger partial charge >= 0.3 is 0 Å². The first-order valence-electron chi connectivity index (χ1n) is 9.28. The minimum Gasteiger partial charge on any atom is -0.484 e. The van der Waals surface area contributed by atoms with Crippen LogP contribution in [0.2, 0.25) is 0 Å². The Morgan fingerprint density at radius 3 is 2.38 bits per heavy atom. The van der Waals surface area contributed by atoms with Gasteiger partial charge in [0, 0.05) is 0 Å². The Bertz CT molecular complexity index is 711. The zero-order chi connectivity index (χ0) is 16.6. The van der Waals surface area contributed by atoms with E-state index in [0.29, 0.717) is 0 Å². The van der Waals surface area contributed by atoms with E-state index in [2.05, 4.69) is 61.6 Å². The Hall–Kier alpha value is -1.96. The highest BCUT2D eigenvalue weighted by molar-refractivity contribution is 5.71. The topological polar surface area (TPSA) is 21.3 Å². The Morgan fingerprint density at radius 1 is 0.917 bits per heavy atom. The molecule has 4 rings (SSSR count). The molecule has 0 radical (unpaired) electrons. The van der Waals surface area contributed by atoms with Crippen molar-refractivity contribution in [3.05, 3.63) is 48.0 Å². The SMILES string of the molecule is CC1(C)CNc2ccc(-c3ccc(C4CCCCC4)cc3)cc2O1. The van der Waals surface area contributed by atoms with Crippen molar-refractivity contribution in [1.82, 2.24) is 0 Å². The number of benzene rings is 2. The molecule has 2 nitrogen and oxygen atoms in total. The van der Waals surface area contributed by atoms with Crippen LogP contribution >= 0.6 is 0 Å². The van der Waals surface area contributed by atoms with Crippen molar-refractivity contribution in [3.63, 3.8) is 0 Å². The van der Waals surface area contributed by atoms with Crippen LogP contribution in [0.15, 0.2) is 42.5 Å². The Morgan fingerprint density at radius 2 is 1.62 bits per heavy atom. The summed E-state index contributed by atoms with van der Waals surface area (Å²) in [6.07, 6.45) is 6.89.